The van der Waals surface area contributed by atoms with Gasteiger partial charge in [-0.05, 0) is 49.2 Å². The molecular weight excluding hydrogens is 374 g/mol. The van der Waals surface area contributed by atoms with Gasteiger partial charge in [-0.3, -0.25) is 14.9 Å². The Morgan fingerprint density at radius 2 is 1.93 bits per heavy atom. The van der Waals surface area contributed by atoms with E-state index < -0.39 is 10.9 Å². The number of nitrogens with zero attached hydrogens (tertiary/aromatic N) is 3. The number of ether oxygens (including phenoxy) is 1. The Bertz CT molecular complexity index is 1090. The topological polar surface area (TPSA) is 102 Å². The van der Waals surface area contributed by atoms with Crippen molar-refractivity contribution in [2.45, 2.75) is 19.8 Å². The molecule has 0 spiro atoms. The summed E-state index contributed by atoms with van der Waals surface area (Å²) in [4.78, 5) is 40.6. The molecule has 0 aliphatic carbocycles. The fraction of sp³-hybridized carbons (Fsp3) is 0.190. The van der Waals surface area contributed by atoms with E-state index in [4.69, 9.17) is 4.74 Å². The number of nitro groups is 1. The number of esters is 1. The second kappa shape index (κ2) is 7.31. The Balaban J connectivity index is 1.59. The van der Waals surface area contributed by atoms with Gasteiger partial charge in [-0.1, -0.05) is 12.1 Å². The lowest BCUT2D eigenvalue weighted by atomic mass is 10.1. The number of anilines is 1. The summed E-state index contributed by atoms with van der Waals surface area (Å²) in [5.41, 5.74) is 2.46. The molecule has 29 heavy (non-hydrogen) atoms. The van der Waals surface area contributed by atoms with Crippen LogP contribution in [0.3, 0.4) is 0 Å². The number of carbonyl (C=O) groups is 2. The van der Waals surface area contributed by atoms with Crippen LogP contribution in [0.1, 0.15) is 29.5 Å². The van der Waals surface area contributed by atoms with Crippen molar-refractivity contribution in [3.63, 3.8) is 0 Å². The molecular formula is C21H17N3O5. The molecule has 2 heterocycles. The third-order valence-electron chi connectivity index (χ3n) is 4.85. The number of hydrogen-bond donors (Lipinski definition) is 0. The first-order chi connectivity index (χ1) is 13.9. The van der Waals surface area contributed by atoms with Gasteiger partial charge in [0.2, 0.25) is 11.8 Å². The number of nitro benzene ring substituents is 1. The maximum absolute atomic E-state index is 12.2. The Hall–Kier alpha value is -3.81. The van der Waals surface area contributed by atoms with Crippen molar-refractivity contribution < 1.29 is 19.2 Å². The summed E-state index contributed by atoms with van der Waals surface area (Å²) in [6.45, 7) is 2.35. The maximum Gasteiger partial charge on any atom is 0.363 e. The summed E-state index contributed by atoms with van der Waals surface area (Å²) in [5, 5.41) is 11.1. The molecule has 0 saturated carbocycles. The van der Waals surface area contributed by atoms with E-state index in [1.807, 2.05) is 0 Å². The van der Waals surface area contributed by atoms with E-state index in [1.54, 1.807) is 48.2 Å². The van der Waals surface area contributed by atoms with Crippen LogP contribution < -0.4 is 4.90 Å². The van der Waals surface area contributed by atoms with E-state index in [1.165, 1.54) is 12.1 Å². The van der Waals surface area contributed by atoms with Gasteiger partial charge in [-0.15, -0.1) is 0 Å². The minimum Gasteiger partial charge on any atom is -0.402 e. The second-order valence-corrected chi connectivity index (χ2v) is 6.83. The van der Waals surface area contributed by atoms with Crippen molar-refractivity contribution in [2.75, 3.05) is 11.4 Å². The molecule has 1 saturated heterocycles. The Labute approximate surface area is 166 Å². The van der Waals surface area contributed by atoms with Crippen LogP contribution in [0.5, 0.6) is 0 Å². The highest BCUT2D eigenvalue weighted by molar-refractivity contribution is 6.13. The third kappa shape index (κ3) is 3.64. The van der Waals surface area contributed by atoms with Gasteiger partial charge in [0.05, 0.1) is 4.92 Å². The number of amides is 1. The lowest BCUT2D eigenvalue weighted by Crippen LogP contribution is -2.23. The van der Waals surface area contributed by atoms with Crippen molar-refractivity contribution >= 4 is 35.2 Å². The predicted molar refractivity (Wildman–Crippen MR) is 106 cm³/mol. The maximum atomic E-state index is 12.2. The number of hydrogen-bond acceptors (Lipinski definition) is 6. The fourth-order valence-corrected chi connectivity index (χ4v) is 3.31. The van der Waals surface area contributed by atoms with E-state index in [2.05, 4.69) is 4.99 Å². The molecule has 0 N–H and O–H groups in total. The standard InChI is InChI=1S/C21H17N3O5/c1-13-4-5-14(12-18(13)24(27)28)11-17-21(26)29-20(22-17)15-6-8-16(9-7-15)23-10-2-3-19(23)25/h4-9,11-12H,2-3,10H2,1H3/b17-11+. The number of carbonyl (C=O) groups excluding carboxylic acids is 2. The molecule has 0 atom stereocenters. The van der Waals surface area contributed by atoms with Crippen molar-refractivity contribution in [1.29, 1.82) is 0 Å². The minimum atomic E-state index is -0.623. The van der Waals surface area contributed by atoms with Gasteiger partial charge in [-0.2, -0.15) is 0 Å². The summed E-state index contributed by atoms with van der Waals surface area (Å²) < 4.78 is 5.25. The lowest BCUT2D eigenvalue weighted by Gasteiger charge is -2.15. The highest BCUT2D eigenvalue weighted by Crippen LogP contribution is 2.25. The van der Waals surface area contributed by atoms with Crippen LogP contribution in [0, 0.1) is 17.0 Å². The molecule has 1 fully saturated rings. The van der Waals surface area contributed by atoms with E-state index in [-0.39, 0.29) is 23.2 Å². The Morgan fingerprint density at radius 1 is 1.17 bits per heavy atom. The predicted octanol–water partition coefficient (Wildman–Crippen LogP) is 3.37. The van der Waals surface area contributed by atoms with Crippen LogP contribution in [0.4, 0.5) is 11.4 Å². The molecule has 4 rings (SSSR count). The molecule has 1 amide bonds. The molecule has 8 heteroatoms. The zero-order valence-corrected chi connectivity index (χ0v) is 15.6. The fourth-order valence-electron chi connectivity index (χ4n) is 3.31. The van der Waals surface area contributed by atoms with E-state index in [0.717, 1.165) is 12.1 Å². The largest absolute Gasteiger partial charge is 0.402 e. The van der Waals surface area contributed by atoms with Gasteiger partial charge >= 0.3 is 5.97 Å². The van der Waals surface area contributed by atoms with E-state index >= 15 is 0 Å². The monoisotopic (exact) mass is 391 g/mol. The van der Waals surface area contributed by atoms with Crippen molar-refractivity contribution in [1.82, 2.24) is 0 Å². The molecule has 146 valence electrons. The summed E-state index contributed by atoms with van der Waals surface area (Å²) in [6.07, 6.45) is 2.85. The van der Waals surface area contributed by atoms with Crippen LogP contribution in [-0.4, -0.2) is 29.2 Å². The van der Waals surface area contributed by atoms with Crippen LogP contribution in [-0.2, 0) is 14.3 Å². The third-order valence-corrected chi connectivity index (χ3v) is 4.85. The smallest absolute Gasteiger partial charge is 0.363 e. The summed E-state index contributed by atoms with van der Waals surface area (Å²) in [7, 11) is 0. The first-order valence-corrected chi connectivity index (χ1v) is 9.11. The van der Waals surface area contributed by atoms with Gasteiger partial charge in [0.25, 0.3) is 5.69 Å². The first kappa shape index (κ1) is 18.5. The molecule has 0 aromatic heterocycles. The molecule has 0 unspecified atom stereocenters. The van der Waals surface area contributed by atoms with Crippen molar-refractivity contribution in [2.24, 2.45) is 4.99 Å². The van der Waals surface area contributed by atoms with Crippen LogP contribution >= 0.6 is 0 Å². The van der Waals surface area contributed by atoms with Gasteiger partial charge in [0, 0.05) is 35.8 Å². The van der Waals surface area contributed by atoms with Gasteiger partial charge < -0.3 is 9.64 Å². The number of aliphatic imine (C=N–C) groups is 1. The van der Waals surface area contributed by atoms with Gasteiger partial charge in [0.1, 0.15) is 0 Å². The Morgan fingerprint density at radius 3 is 2.59 bits per heavy atom. The number of aryl methyl sites for hydroxylation is 1. The zero-order chi connectivity index (χ0) is 20.5. The zero-order valence-electron chi connectivity index (χ0n) is 15.6. The van der Waals surface area contributed by atoms with Crippen LogP contribution in [0.25, 0.3) is 6.08 Å². The van der Waals surface area contributed by atoms with Gasteiger partial charge in [0.15, 0.2) is 5.70 Å². The van der Waals surface area contributed by atoms with E-state index in [0.29, 0.717) is 29.7 Å². The molecule has 0 bridgehead atoms. The molecule has 8 nitrogen and oxygen atoms in total. The lowest BCUT2D eigenvalue weighted by molar-refractivity contribution is -0.385. The molecule has 2 aliphatic heterocycles. The highest BCUT2D eigenvalue weighted by atomic mass is 16.6. The highest BCUT2D eigenvalue weighted by Gasteiger charge is 2.26. The molecule has 2 aromatic rings. The second-order valence-electron chi connectivity index (χ2n) is 6.83. The first-order valence-electron chi connectivity index (χ1n) is 9.11. The summed E-state index contributed by atoms with van der Waals surface area (Å²) in [5.74, 6) is -0.371. The number of cyclic esters (lactones) is 1. The average molecular weight is 391 g/mol. The average Bonchev–Trinajstić information content (AvgIpc) is 3.29. The normalized spacial score (nSPS) is 17.6. The Kier molecular flexibility index (Phi) is 4.67. The minimum absolute atomic E-state index is 0.0260. The van der Waals surface area contributed by atoms with E-state index in [9.17, 15) is 19.7 Å². The SMILES string of the molecule is Cc1ccc(/C=C2/N=C(c3ccc(N4CCCC4=O)cc3)OC2=O)cc1[N+](=O)[O-]. The quantitative estimate of drug-likeness (QED) is 0.344. The van der Waals surface area contributed by atoms with Crippen LogP contribution in [0.2, 0.25) is 0 Å². The van der Waals surface area contributed by atoms with Crippen LogP contribution in [0.15, 0.2) is 53.2 Å². The number of rotatable bonds is 4. The van der Waals surface area contributed by atoms with Crippen molar-refractivity contribution in [3.05, 3.63) is 75.0 Å². The van der Waals surface area contributed by atoms with Crippen molar-refractivity contribution in [3.8, 4) is 0 Å². The molecule has 2 aromatic carbocycles. The van der Waals surface area contributed by atoms with Gasteiger partial charge in [-0.25, -0.2) is 9.79 Å². The summed E-state index contributed by atoms with van der Waals surface area (Å²) >= 11 is 0. The molecule has 0 radical (unpaired) electrons. The molecule has 2 aliphatic rings. The number of benzene rings is 2. The summed E-state index contributed by atoms with van der Waals surface area (Å²) in [6, 6.07) is 11.8.